The second kappa shape index (κ2) is 11.0. The quantitative estimate of drug-likeness (QED) is 0.739. The van der Waals surface area contributed by atoms with Gasteiger partial charge in [-0.2, -0.15) is 0 Å². The molecule has 0 saturated heterocycles. The summed E-state index contributed by atoms with van der Waals surface area (Å²) < 4.78 is 18.0. The highest BCUT2D eigenvalue weighted by Gasteiger charge is 2.22. The largest absolute Gasteiger partial charge is 0.380 e. The number of benzene rings is 1. The van der Waals surface area contributed by atoms with E-state index in [-0.39, 0.29) is 61.7 Å². The smallest absolute Gasteiger partial charge is 0.244 e. The summed E-state index contributed by atoms with van der Waals surface area (Å²) in [6.07, 6.45) is -0.251. The summed E-state index contributed by atoms with van der Waals surface area (Å²) in [4.78, 5) is 25.9. The number of amides is 2. The van der Waals surface area contributed by atoms with Crippen molar-refractivity contribution in [1.82, 2.24) is 4.90 Å². The summed E-state index contributed by atoms with van der Waals surface area (Å²) in [7, 11) is 1.49. The van der Waals surface area contributed by atoms with Gasteiger partial charge in [-0.15, -0.1) is 12.4 Å². The minimum absolute atomic E-state index is 0. The molecule has 0 aliphatic carbocycles. The van der Waals surface area contributed by atoms with Gasteiger partial charge in [-0.3, -0.25) is 9.59 Å². The first-order valence-corrected chi connectivity index (χ1v) is 7.45. The Bertz CT molecular complexity index is 522. The van der Waals surface area contributed by atoms with Gasteiger partial charge in [0.05, 0.1) is 12.5 Å². The van der Waals surface area contributed by atoms with Crippen molar-refractivity contribution >= 4 is 29.9 Å². The molecule has 136 valence electrons. The van der Waals surface area contributed by atoms with Crippen molar-refractivity contribution in [2.75, 3.05) is 25.5 Å². The highest BCUT2D eigenvalue weighted by atomic mass is 35.5. The SMILES string of the molecule is COC(CN)CC(=O)N(CC(=O)Nc1ccc(F)cc1)C(C)C.Cl. The molecule has 0 radical (unpaired) electrons. The number of rotatable bonds is 8. The van der Waals surface area contributed by atoms with Crippen LogP contribution >= 0.6 is 12.4 Å². The second-order valence-corrected chi connectivity index (χ2v) is 5.47. The third-order valence-electron chi connectivity index (χ3n) is 3.38. The van der Waals surface area contributed by atoms with Gasteiger partial charge in [0.15, 0.2) is 0 Å². The fourth-order valence-electron chi connectivity index (χ4n) is 2.02. The molecule has 1 aromatic rings. The normalized spacial score (nSPS) is 11.6. The van der Waals surface area contributed by atoms with E-state index in [1.54, 1.807) is 0 Å². The van der Waals surface area contributed by atoms with Crippen molar-refractivity contribution in [3.05, 3.63) is 30.1 Å². The molecule has 0 saturated carbocycles. The molecule has 1 atom stereocenters. The number of hydrogen-bond donors (Lipinski definition) is 2. The average molecular weight is 362 g/mol. The lowest BCUT2D eigenvalue weighted by molar-refractivity contribution is -0.138. The molecule has 8 heteroatoms. The van der Waals surface area contributed by atoms with Crippen LogP contribution in [0.3, 0.4) is 0 Å². The number of carbonyl (C=O) groups is 2. The number of hydrogen-bond acceptors (Lipinski definition) is 4. The van der Waals surface area contributed by atoms with E-state index in [1.807, 2.05) is 13.8 Å². The van der Waals surface area contributed by atoms with Crippen LogP contribution in [0.2, 0.25) is 0 Å². The molecule has 1 unspecified atom stereocenters. The maximum Gasteiger partial charge on any atom is 0.244 e. The maximum atomic E-state index is 12.8. The van der Waals surface area contributed by atoms with E-state index in [1.165, 1.54) is 36.3 Å². The van der Waals surface area contributed by atoms with Crippen molar-refractivity contribution < 1.29 is 18.7 Å². The Morgan fingerprint density at radius 1 is 1.29 bits per heavy atom. The topological polar surface area (TPSA) is 84.7 Å². The van der Waals surface area contributed by atoms with E-state index < -0.39 is 0 Å². The first-order valence-electron chi connectivity index (χ1n) is 7.45. The van der Waals surface area contributed by atoms with Crippen LogP contribution in [0.4, 0.5) is 10.1 Å². The highest BCUT2D eigenvalue weighted by molar-refractivity contribution is 5.94. The van der Waals surface area contributed by atoms with E-state index >= 15 is 0 Å². The molecule has 0 bridgehead atoms. The Kier molecular flexibility index (Phi) is 10.2. The number of halogens is 2. The van der Waals surface area contributed by atoms with Crippen LogP contribution in [0, 0.1) is 5.82 Å². The molecule has 0 fully saturated rings. The molecule has 2 amide bonds. The number of nitrogens with zero attached hydrogens (tertiary/aromatic N) is 1. The Morgan fingerprint density at radius 2 is 1.88 bits per heavy atom. The predicted octanol–water partition coefficient (Wildman–Crippen LogP) is 1.79. The van der Waals surface area contributed by atoms with Gasteiger partial charge in [-0.25, -0.2) is 4.39 Å². The molecule has 0 aliphatic heterocycles. The predicted molar refractivity (Wildman–Crippen MR) is 93.6 cm³/mol. The molecule has 1 aromatic carbocycles. The van der Waals surface area contributed by atoms with Gasteiger partial charge < -0.3 is 20.7 Å². The molecule has 1 rings (SSSR count). The van der Waals surface area contributed by atoms with Gasteiger partial charge in [-0.05, 0) is 38.1 Å². The number of methoxy groups -OCH3 is 1. The van der Waals surface area contributed by atoms with E-state index in [0.29, 0.717) is 5.69 Å². The molecule has 24 heavy (non-hydrogen) atoms. The summed E-state index contributed by atoms with van der Waals surface area (Å²) in [5, 5.41) is 2.64. The van der Waals surface area contributed by atoms with E-state index in [4.69, 9.17) is 10.5 Å². The third kappa shape index (κ3) is 7.25. The summed E-state index contributed by atoms with van der Waals surface area (Å²) in [5.74, 6) is -0.929. The van der Waals surface area contributed by atoms with Crippen LogP contribution in [-0.2, 0) is 14.3 Å². The zero-order valence-electron chi connectivity index (χ0n) is 14.1. The molecule has 0 heterocycles. The van der Waals surface area contributed by atoms with E-state index in [9.17, 15) is 14.0 Å². The van der Waals surface area contributed by atoms with Gasteiger partial charge >= 0.3 is 0 Å². The minimum atomic E-state index is -0.380. The lowest BCUT2D eigenvalue weighted by Crippen LogP contribution is -2.44. The van der Waals surface area contributed by atoms with Crippen molar-refractivity contribution in [3.63, 3.8) is 0 Å². The van der Waals surface area contributed by atoms with Crippen LogP contribution in [0.1, 0.15) is 20.3 Å². The maximum absolute atomic E-state index is 12.8. The van der Waals surface area contributed by atoms with Crippen LogP contribution in [0.25, 0.3) is 0 Å². The van der Waals surface area contributed by atoms with Gasteiger partial charge in [0.25, 0.3) is 0 Å². The first kappa shape index (κ1) is 22.3. The molecule has 0 aliphatic rings. The summed E-state index contributed by atoms with van der Waals surface area (Å²) >= 11 is 0. The van der Waals surface area contributed by atoms with Crippen molar-refractivity contribution in [3.8, 4) is 0 Å². The Morgan fingerprint density at radius 3 is 2.33 bits per heavy atom. The number of carbonyl (C=O) groups excluding carboxylic acids is 2. The van der Waals surface area contributed by atoms with E-state index in [0.717, 1.165) is 0 Å². The monoisotopic (exact) mass is 361 g/mol. The van der Waals surface area contributed by atoms with Crippen molar-refractivity contribution in [2.24, 2.45) is 5.73 Å². The first-order chi connectivity index (χ1) is 10.9. The fourth-order valence-corrected chi connectivity index (χ4v) is 2.02. The van der Waals surface area contributed by atoms with Gasteiger partial charge in [0.2, 0.25) is 11.8 Å². The summed E-state index contributed by atoms with van der Waals surface area (Å²) in [6, 6.07) is 5.29. The molecular weight excluding hydrogens is 337 g/mol. The second-order valence-electron chi connectivity index (χ2n) is 5.47. The van der Waals surface area contributed by atoms with Crippen molar-refractivity contribution in [2.45, 2.75) is 32.4 Å². The van der Waals surface area contributed by atoms with Crippen LogP contribution in [0.5, 0.6) is 0 Å². The standard InChI is InChI=1S/C16H24FN3O3.ClH/c1-11(2)20(16(22)8-14(9-18)23-3)10-15(21)19-13-6-4-12(17)5-7-13;/h4-7,11,14H,8-10,18H2,1-3H3,(H,19,21);1H. The van der Waals surface area contributed by atoms with Crippen LogP contribution < -0.4 is 11.1 Å². The van der Waals surface area contributed by atoms with Crippen molar-refractivity contribution in [1.29, 1.82) is 0 Å². The number of nitrogens with one attached hydrogen (secondary N) is 1. The number of anilines is 1. The lowest BCUT2D eigenvalue weighted by atomic mass is 10.2. The zero-order valence-corrected chi connectivity index (χ0v) is 14.9. The third-order valence-corrected chi connectivity index (χ3v) is 3.38. The molecular formula is C16H25ClFN3O3. The molecule has 6 nitrogen and oxygen atoms in total. The lowest BCUT2D eigenvalue weighted by Gasteiger charge is -2.27. The Balaban J connectivity index is 0.00000529. The van der Waals surface area contributed by atoms with Gasteiger partial charge in [-0.1, -0.05) is 0 Å². The zero-order chi connectivity index (χ0) is 17.4. The fraction of sp³-hybridized carbons (Fsp3) is 0.500. The highest BCUT2D eigenvalue weighted by Crippen LogP contribution is 2.10. The number of nitrogens with two attached hydrogens (primary N) is 1. The molecule has 3 N–H and O–H groups in total. The summed E-state index contributed by atoms with van der Waals surface area (Å²) in [5.41, 5.74) is 5.99. The van der Waals surface area contributed by atoms with E-state index in [2.05, 4.69) is 5.32 Å². The average Bonchev–Trinajstić information content (AvgIpc) is 2.52. The Labute approximate surface area is 147 Å². The van der Waals surface area contributed by atoms with Gasteiger partial charge in [0, 0.05) is 25.4 Å². The Hall–Kier alpha value is -1.70. The molecule has 0 spiro atoms. The van der Waals surface area contributed by atoms with Crippen LogP contribution in [0.15, 0.2) is 24.3 Å². The van der Waals surface area contributed by atoms with Crippen LogP contribution in [-0.4, -0.2) is 49.1 Å². The number of ether oxygens (including phenoxy) is 1. The minimum Gasteiger partial charge on any atom is -0.380 e. The summed E-state index contributed by atoms with van der Waals surface area (Å²) in [6.45, 7) is 3.80. The van der Waals surface area contributed by atoms with Gasteiger partial charge in [0.1, 0.15) is 12.4 Å². The molecule has 0 aromatic heterocycles.